The van der Waals surface area contributed by atoms with E-state index < -0.39 is 0 Å². The van der Waals surface area contributed by atoms with Crippen LogP contribution in [0.25, 0.3) is 10.1 Å². The molecule has 7 heteroatoms. The van der Waals surface area contributed by atoms with Gasteiger partial charge in [0.15, 0.2) is 11.5 Å². The summed E-state index contributed by atoms with van der Waals surface area (Å²) in [5.74, 6) is 0.548. The smallest absolute Gasteiger partial charge is 0.267 e. The molecule has 2 heterocycles. The summed E-state index contributed by atoms with van der Waals surface area (Å²) in [6.07, 6.45) is 0.810. The summed E-state index contributed by atoms with van der Waals surface area (Å²) in [4.78, 5) is 12.9. The second-order valence-corrected chi connectivity index (χ2v) is 6.98. The Morgan fingerprint density at radius 3 is 2.76 bits per heavy atom. The number of nitrogens with one attached hydrogen (secondary N) is 1. The highest BCUT2D eigenvalue weighted by Crippen LogP contribution is 2.37. The van der Waals surface area contributed by atoms with Crippen molar-refractivity contribution in [2.45, 2.75) is 6.42 Å². The maximum absolute atomic E-state index is 13.4. The second kappa shape index (κ2) is 6.54. The number of anilines is 1. The molecule has 2 aromatic carbocycles. The van der Waals surface area contributed by atoms with Crippen molar-refractivity contribution in [3.63, 3.8) is 0 Å². The molecule has 0 radical (unpaired) electrons. The molecule has 0 atom stereocenters. The molecule has 1 N–H and O–H groups in total. The Bertz CT molecular complexity index is 972. The van der Waals surface area contributed by atoms with Crippen LogP contribution < -0.4 is 14.8 Å². The van der Waals surface area contributed by atoms with Gasteiger partial charge >= 0.3 is 0 Å². The monoisotopic (exact) mass is 377 g/mol. The van der Waals surface area contributed by atoms with Gasteiger partial charge in [-0.25, -0.2) is 4.39 Å². The van der Waals surface area contributed by atoms with Gasteiger partial charge in [-0.1, -0.05) is 11.6 Å². The van der Waals surface area contributed by atoms with Crippen molar-refractivity contribution in [3.05, 3.63) is 52.1 Å². The number of fused-ring (bicyclic) bond motifs is 2. The number of benzene rings is 2. The van der Waals surface area contributed by atoms with E-state index in [-0.39, 0.29) is 11.7 Å². The number of rotatable bonds is 2. The summed E-state index contributed by atoms with van der Waals surface area (Å²) in [5.41, 5.74) is 0.578. The normalized spacial score (nSPS) is 13.5. The minimum absolute atomic E-state index is 0.326. The number of hydrogen-bond donors (Lipinski definition) is 1. The van der Waals surface area contributed by atoms with E-state index in [4.69, 9.17) is 21.1 Å². The number of carbonyl (C=O) groups is 1. The van der Waals surface area contributed by atoms with Crippen LogP contribution in [0.3, 0.4) is 0 Å². The van der Waals surface area contributed by atoms with Gasteiger partial charge in [0.2, 0.25) is 0 Å². The average molecular weight is 378 g/mol. The van der Waals surface area contributed by atoms with Crippen molar-refractivity contribution >= 4 is 44.6 Å². The van der Waals surface area contributed by atoms with Gasteiger partial charge in [0.1, 0.15) is 10.7 Å². The molecular weight excluding hydrogens is 365 g/mol. The molecule has 3 aromatic rings. The van der Waals surface area contributed by atoms with Gasteiger partial charge in [0, 0.05) is 28.3 Å². The summed E-state index contributed by atoms with van der Waals surface area (Å²) in [6, 6.07) is 9.50. The Morgan fingerprint density at radius 2 is 1.92 bits per heavy atom. The van der Waals surface area contributed by atoms with Crippen molar-refractivity contribution in [2.24, 2.45) is 0 Å². The molecule has 1 aliphatic rings. The Labute approximate surface area is 152 Å². The van der Waals surface area contributed by atoms with Crippen molar-refractivity contribution < 1.29 is 18.7 Å². The largest absolute Gasteiger partial charge is 0.490 e. The molecule has 0 aliphatic carbocycles. The van der Waals surface area contributed by atoms with Gasteiger partial charge in [-0.2, -0.15) is 0 Å². The SMILES string of the molecule is O=C(Nc1ccc2c(c1)OCCCO2)c1sc2cc(F)ccc2c1Cl. The zero-order valence-electron chi connectivity index (χ0n) is 13.0. The number of hydrogen-bond acceptors (Lipinski definition) is 4. The van der Waals surface area contributed by atoms with Crippen LogP contribution in [-0.4, -0.2) is 19.1 Å². The quantitative estimate of drug-likeness (QED) is 0.675. The van der Waals surface area contributed by atoms with Crippen molar-refractivity contribution in [1.82, 2.24) is 0 Å². The lowest BCUT2D eigenvalue weighted by Gasteiger charge is -2.10. The molecule has 1 amide bonds. The van der Waals surface area contributed by atoms with Crippen LogP contribution in [-0.2, 0) is 0 Å². The summed E-state index contributed by atoms with van der Waals surface area (Å²) in [6.45, 7) is 1.17. The van der Waals surface area contributed by atoms with Crippen molar-refractivity contribution in [3.8, 4) is 11.5 Å². The highest BCUT2D eigenvalue weighted by Gasteiger charge is 2.19. The molecule has 4 nitrogen and oxygen atoms in total. The second-order valence-electron chi connectivity index (χ2n) is 5.55. The fraction of sp³-hybridized carbons (Fsp3) is 0.167. The van der Waals surface area contributed by atoms with Crippen LogP contribution in [0.15, 0.2) is 36.4 Å². The first-order valence-electron chi connectivity index (χ1n) is 7.70. The van der Waals surface area contributed by atoms with Crippen LogP contribution in [0.4, 0.5) is 10.1 Å². The number of amides is 1. The highest BCUT2D eigenvalue weighted by atomic mass is 35.5. The Hall–Kier alpha value is -2.31. The van der Waals surface area contributed by atoms with Crippen molar-refractivity contribution in [1.29, 1.82) is 0 Å². The number of thiophene rings is 1. The molecule has 0 spiro atoms. The van der Waals surface area contributed by atoms with E-state index in [0.717, 1.165) is 17.8 Å². The number of halogens is 2. The van der Waals surface area contributed by atoms with Gasteiger partial charge in [0.05, 0.1) is 18.2 Å². The zero-order valence-corrected chi connectivity index (χ0v) is 14.5. The number of ether oxygens (including phenoxy) is 2. The minimum Gasteiger partial charge on any atom is -0.490 e. The fourth-order valence-corrected chi connectivity index (χ4v) is 4.05. The molecule has 0 fully saturated rings. The molecule has 4 rings (SSSR count). The molecule has 128 valence electrons. The van der Waals surface area contributed by atoms with Gasteiger partial charge < -0.3 is 14.8 Å². The van der Waals surface area contributed by atoms with E-state index in [2.05, 4.69) is 5.32 Å². The third kappa shape index (κ3) is 3.15. The van der Waals surface area contributed by atoms with Crippen LogP contribution in [0.5, 0.6) is 11.5 Å². The maximum atomic E-state index is 13.4. The molecular formula is C18H13ClFNO3S. The standard InChI is InChI=1S/C18H13ClFNO3S/c19-16-12-4-2-10(20)8-15(12)25-17(16)18(22)21-11-3-5-13-14(9-11)24-7-1-6-23-13/h2-5,8-9H,1,6-7H2,(H,21,22). The maximum Gasteiger partial charge on any atom is 0.267 e. The van der Waals surface area contributed by atoms with E-state index in [0.29, 0.717) is 50.4 Å². The van der Waals surface area contributed by atoms with Crippen LogP contribution in [0.2, 0.25) is 5.02 Å². The van der Waals surface area contributed by atoms with Crippen LogP contribution >= 0.6 is 22.9 Å². The first-order valence-corrected chi connectivity index (χ1v) is 8.90. The fourth-order valence-electron chi connectivity index (χ4n) is 2.61. The van der Waals surface area contributed by atoms with Crippen LogP contribution in [0.1, 0.15) is 16.1 Å². The van der Waals surface area contributed by atoms with E-state index in [1.54, 1.807) is 24.3 Å². The first-order chi connectivity index (χ1) is 12.1. The van der Waals surface area contributed by atoms with Gasteiger partial charge in [-0.05, 0) is 30.3 Å². The predicted octanol–water partition coefficient (Wildman–Crippen LogP) is 5.11. The minimum atomic E-state index is -0.361. The van der Waals surface area contributed by atoms with Crippen LogP contribution in [0, 0.1) is 5.82 Å². The molecule has 25 heavy (non-hydrogen) atoms. The summed E-state index contributed by atoms with van der Waals surface area (Å²) < 4.78 is 25.2. The molecule has 0 saturated carbocycles. The zero-order chi connectivity index (χ0) is 17.4. The summed E-state index contributed by atoms with van der Waals surface area (Å²) >= 11 is 7.45. The summed E-state index contributed by atoms with van der Waals surface area (Å²) in [7, 11) is 0. The van der Waals surface area contributed by atoms with Gasteiger partial charge in [-0.15, -0.1) is 11.3 Å². The van der Waals surface area contributed by atoms with Gasteiger partial charge in [0.25, 0.3) is 5.91 Å². The van der Waals surface area contributed by atoms with Gasteiger partial charge in [-0.3, -0.25) is 4.79 Å². The van der Waals surface area contributed by atoms with Crippen molar-refractivity contribution in [2.75, 3.05) is 18.5 Å². The Morgan fingerprint density at radius 1 is 1.12 bits per heavy atom. The molecule has 0 saturated heterocycles. The lowest BCUT2D eigenvalue weighted by atomic mass is 10.2. The number of carbonyl (C=O) groups excluding carboxylic acids is 1. The molecule has 1 aromatic heterocycles. The molecule has 0 bridgehead atoms. The molecule has 1 aliphatic heterocycles. The summed E-state index contributed by atoms with van der Waals surface area (Å²) in [5, 5.41) is 3.79. The van der Waals surface area contributed by atoms with E-state index in [9.17, 15) is 9.18 Å². The van der Waals surface area contributed by atoms with E-state index in [1.807, 2.05) is 0 Å². The third-order valence-corrected chi connectivity index (χ3v) is 5.46. The van der Waals surface area contributed by atoms with E-state index >= 15 is 0 Å². The third-order valence-electron chi connectivity index (χ3n) is 3.80. The first kappa shape index (κ1) is 16.2. The highest BCUT2D eigenvalue weighted by molar-refractivity contribution is 7.21. The topological polar surface area (TPSA) is 47.6 Å². The predicted molar refractivity (Wildman–Crippen MR) is 96.8 cm³/mol. The lowest BCUT2D eigenvalue weighted by molar-refractivity contribution is 0.103. The lowest BCUT2D eigenvalue weighted by Crippen LogP contribution is -2.10. The van der Waals surface area contributed by atoms with E-state index in [1.165, 1.54) is 12.1 Å². The Balaban J connectivity index is 1.62. The molecule has 0 unspecified atom stereocenters. The average Bonchev–Trinajstić information content (AvgIpc) is 2.77. The Kier molecular flexibility index (Phi) is 4.23.